The van der Waals surface area contributed by atoms with Gasteiger partial charge < -0.3 is 5.32 Å². The second kappa shape index (κ2) is 4.21. The average Bonchev–Trinajstić information content (AvgIpc) is 2.18. The van der Waals surface area contributed by atoms with Crippen molar-refractivity contribution < 1.29 is 0 Å². The van der Waals surface area contributed by atoms with Crippen LogP contribution in [0.15, 0.2) is 24.9 Å². The van der Waals surface area contributed by atoms with Crippen LogP contribution in [0, 0.1) is 11.3 Å². The molecule has 1 atom stereocenters. The Balaban J connectivity index is 2.78. The summed E-state index contributed by atoms with van der Waals surface area (Å²) in [6.07, 6.45) is 3.28. The average molecular weight is 174 g/mol. The molecule has 66 valence electrons. The normalized spacial score (nSPS) is 11.4. The molecule has 0 aliphatic carbocycles. The van der Waals surface area contributed by atoms with Crippen LogP contribution >= 0.6 is 0 Å². The summed E-state index contributed by atoms with van der Waals surface area (Å²) < 4.78 is 0. The van der Waals surface area contributed by atoms with Gasteiger partial charge in [0.1, 0.15) is 11.8 Å². The van der Waals surface area contributed by atoms with E-state index in [1.54, 1.807) is 18.3 Å². The number of rotatable bonds is 3. The topological polar surface area (TPSA) is 61.6 Å². The van der Waals surface area contributed by atoms with E-state index >= 15 is 0 Å². The second-order valence-corrected chi connectivity index (χ2v) is 2.55. The molecule has 0 radical (unpaired) electrons. The van der Waals surface area contributed by atoms with Gasteiger partial charge in [0, 0.05) is 12.2 Å². The highest BCUT2D eigenvalue weighted by atomic mass is 15.1. The van der Waals surface area contributed by atoms with E-state index in [0.717, 1.165) is 0 Å². The zero-order valence-corrected chi connectivity index (χ0v) is 7.36. The number of anilines is 1. The standard InChI is InChI=1S/C9H10N4/c1-3-7(2)12-9-11-5-4-8(6-10)13-9/h3-5,7H,1H2,2H3,(H,11,12,13). The summed E-state index contributed by atoms with van der Waals surface area (Å²) >= 11 is 0. The Morgan fingerprint density at radius 1 is 1.77 bits per heavy atom. The van der Waals surface area contributed by atoms with Gasteiger partial charge in [-0.2, -0.15) is 5.26 Å². The smallest absolute Gasteiger partial charge is 0.224 e. The zero-order valence-electron chi connectivity index (χ0n) is 7.36. The maximum absolute atomic E-state index is 8.57. The van der Waals surface area contributed by atoms with Crippen molar-refractivity contribution in [3.8, 4) is 6.07 Å². The van der Waals surface area contributed by atoms with Crippen molar-refractivity contribution in [2.45, 2.75) is 13.0 Å². The minimum atomic E-state index is 0.0916. The number of hydrogen-bond acceptors (Lipinski definition) is 4. The molecule has 0 saturated heterocycles. The molecular weight excluding hydrogens is 164 g/mol. The Hall–Kier alpha value is -1.89. The minimum Gasteiger partial charge on any atom is -0.348 e. The van der Waals surface area contributed by atoms with Gasteiger partial charge in [0.05, 0.1) is 0 Å². The van der Waals surface area contributed by atoms with Crippen molar-refractivity contribution in [1.82, 2.24) is 9.97 Å². The molecular formula is C9H10N4. The lowest BCUT2D eigenvalue weighted by Crippen LogP contribution is -2.13. The van der Waals surface area contributed by atoms with Crippen molar-refractivity contribution in [1.29, 1.82) is 5.26 Å². The van der Waals surface area contributed by atoms with Gasteiger partial charge in [-0.05, 0) is 13.0 Å². The van der Waals surface area contributed by atoms with E-state index < -0.39 is 0 Å². The van der Waals surface area contributed by atoms with Crippen LogP contribution < -0.4 is 5.32 Å². The lowest BCUT2D eigenvalue weighted by molar-refractivity contribution is 0.954. The lowest BCUT2D eigenvalue weighted by atomic mass is 10.3. The summed E-state index contributed by atoms with van der Waals surface area (Å²) in [7, 11) is 0. The number of aromatic nitrogens is 2. The molecule has 4 nitrogen and oxygen atoms in total. The third kappa shape index (κ3) is 2.56. The number of hydrogen-bond donors (Lipinski definition) is 1. The molecule has 1 unspecified atom stereocenters. The monoisotopic (exact) mass is 174 g/mol. The summed E-state index contributed by atoms with van der Waals surface area (Å²) in [6.45, 7) is 5.54. The third-order valence-corrected chi connectivity index (χ3v) is 1.48. The molecule has 1 N–H and O–H groups in total. The highest BCUT2D eigenvalue weighted by molar-refractivity contribution is 5.31. The predicted octanol–water partition coefficient (Wildman–Crippen LogP) is 1.33. The first-order valence-corrected chi connectivity index (χ1v) is 3.88. The van der Waals surface area contributed by atoms with Crippen LogP contribution in [0.4, 0.5) is 5.95 Å². The highest BCUT2D eigenvalue weighted by Gasteiger charge is 1.99. The van der Waals surface area contributed by atoms with Crippen LogP contribution in [0.25, 0.3) is 0 Å². The van der Waals surface area contributed by atoms with Crippen molar-refractivity contribution >= 4 is 5.95 Å². The fraction of sp³-hybridized carbons (Fsp3) is 0.222. The second-order valence-electron chi connectivity index (χ2n) is 2.55. The lowest BCUT2D eigenvalue weighted by Gasteiger charge is -2.07. The molecule has 1 rings (SSSR count). The molecule has 1 aromatic rings. The van der Waals surface area contributed by atoms with Crippen LogP contribution in [-0.4, -0.2) is 16.0 Å². The molecule has 0 amide bonds. The van der Waals surface area contributed by atoms with E-state index in [1.165, 1.54) is 0 Å². The SMILES string of the molecule is C=CC(C)Nc1nccc(C#N)n1. The minimum absolute atomic E-state index is 0.0916. The van der Waals surface area contributed by atoms with Crippen LogP contribution in [-0.2, 0) is 0 Å². The summed E-state index contributed by atoms with van der Waals surface area (Å²) in [5, 5.41) is 11.5. The van der Waals surface area contributed by atoms with E-state index in [-0.39, 0.29) is 6.04 Å². The van der Waals surface area contributed by atoms with Gasteiger partial charge in [0.15, 0.2) is 0 Å². The fourth-order valence-electron chi connectivity index (χ4n) is 0.753. The molecule has 0 spiro atoms. The Labute approximate surface area is 76.9 Å². The first kappa shape index (κ1) is 9.20. The number of nitrogens with zero attached hydrogens (tertiary/aromatic N) is 3. The number of nitrogens with one attached hydrogen (secondary N) is 1. The van der Waals surface area contributed by atoms with Crippen LogP contribution in [0.3, 0.4) is 0 Å². The molecule has 0 aliphatic heterocycles. The molecule has 0 fully saturated rings. The number of nitriles is 1. The molecule has 0 aromatic carbocycles. The Bertz CT molecular complexity index is 340. The van der Waals surface area contributed by atoms with Crippen LogP contribution in [0.2, 0.25) is 0 Å². The first-order valence-electron chi connectivity index (χ1n) is 3.88. The molecule has 4 heteroatoms. The zero-order chi connectivity index (χ0) is 9.68. The van der Waals surface area contributed by atoms with Crippen molar-refractivity contribution in [2.24, 2.45) is 0 Å². The third-order valence-electron chi connectivity index (χ3n) is 1.48. The summed E-state index contributed by atoms with van der Waals surface area (Å²) in [5.41, 5.74) is 0.355. The van der Waals surface area contributed by atoms with Gasteiger partial charge in [-0.15, -0.1) is 6.58 Å². The largest absolute Gasteiger partial charge is 0.348 e. The van der Waals surface area contributed by atoms with E-state index in [0.29, 0.717) is 11.6 Å². The van der Waals surface area contributed by atoms with Gasteiger partial charge >= 0.3 is 0 Å². The quantitative estimate of drug-likeness (QED) is 0.702. The molecule has 0 aliphatic rings. The molecule has 0 bridgehead atoms. The summed E-state index contributed by atoms with van der Waals surface area (Å²) in [5.74, 6) is 0.450. The van der Waals surface area contributed by atoms with Gasteiger partial charge in [-0.1, -0.05) is 6.08 Å². The Kier molecular flexibility index (Phi) is 2.98. The summed E-state index contributed by atoms with van der Waals surface area (Å²) in [6, 6.07) is 3.59. The Morgan fingerprint density at radius 3 is 3.15 bits per heavy atom. The van der Waals surface area contributed by atoms with Crippen molar-refractivity contribution in [3.05, 3.63) is 30.6 Å². The maximum atomic E-state index is 8.57. The first-order chi connectivity index (χ1) is 6.26. The van der Waals surface area contributed by atoms with E-state index in [9.17, 15) is 0 Å². The van der Waals surface area contributed by atoms with Crippen LogP contribution in [0.1, 0.15) is 12.6 Å². The fourth-order valence-corrected chi connectivity index (χ4v) is 0.753. The summed E-state index contributed by atoms with van der Waals surface area (Å²) in [4.78, 5) is 7.90. The molecule has 1 heterocycles. The Morgan fingerprint density at radius 2 is 2.54 bits per heavy atom. The van der Waals surface area contributed by atoms with Crippen molar-refractivity contribution in [2.75, 3.05) is 5.32 Å². The highest BCUT2D eigenvalue weighted by Crippen LogP contribution is 2.01. The van der Waals surface area contributed by atoms with Gasteiger partial charge in [0.25, 0.3) is 0 Å². The van der Waals surface area contributed by atoms with E-state index in [1.807, 2.05) is 13.0 Å². The van der Waals surface area contributed by atoms with Gasteiger partial charge in [0.2, 0.25) is 5.95 Å². The molecule has 13 heavy (non-hydrogen) atoms. The molecule has 0 saturated carbocycles. The van der Waals surface area contributed by atoms with Crippen molar-refractivity contribution in [3.63, 3.8) is 0 Å². The molecule has 1 aromatic heterocycles. The van der Waals surface area contributed by atoms with E-state index in [2.05, 4.69) is 21.9 Å². The van der Waals surface area contributed by atoms with Gasteiger partial charge in [-0.25, -0.2) is 9.97 Å². The predicted molar refractivity (Wildman–Crippen MR) is 50.0 cm³/mol. The van der Waals surface area contributed by atoms with E-state index in [4.69, 9.17) is 5.26 Å². The van der Waals surface area contributed by atoms with Gasteiger partial charge in [-0.3, -0.25) is 0 Å². The van der Waals surface area contributed by atoms with Crippen LogP contribution in [0.5, 0.6) is 0 Å². The maximum Gasteiger partial charge on any atom is 0.224 e.